The summed E-state index contributed by atoms with van der Waals surface area (Å²) in [4.78, 5) is 4.40. The van der Waals surface area contributed by atoms with Crippen LogP contribution in [0.5, 0.6) is 5.75 Å². The maximum Gasteiger partial charge on any atom is 0.226 e. The van der Waals surface area contributed by atoms with E-state index in [0.717, 1.165) is 22.6 Å². The monoisotopic (exact) mass is 312 g/mol. The average Bonchev–Trinajstić information content (AvgIpc) is 3.04. The van der Waals surface area contributed by atoms with E-state index in [9.17, 15) is 4.39 Å². The average molecular weight is 312 g/mol. The van der Waals surface area contributed by atoms with Gasteiger partial charge in [0, 0.05) is 18.7 Å². The summed E-state index contributed by atoms with van der Waals surface area (Å²) in [6, 6.07) is 14.0. The van der Waals surface area contributed by atoms with E-state index in [-0.39, 0.29) is 5.82 Å². The van der Waals surface area contributed by atoms with E-state index in [1.54, 1.807) is 25.5 Å². The van der Waals surface area contributed by atoms with Crippen LogP contribution in [0.15, 0.2) is 59.2 Å². The van der Waals surface area contributed by atoms with Crippen LogP contribution in [0.4, 0.5) is 4.39 Å². The molecule has 3 aromatic rings. The Morgan fingerprint density at radius 1 is 1.13 bits per heavy atom. The van der Waals surface area contributed by atoms with Crippen molar-refractivity contribution >= 4 is 0 Å². The molecule has 0 radical (unpaired) electrons. The van der Waals surface area contributed by atoms with Crippen molar-refractivity contribution in [3.63, 3.8) is 0 Å². The topological polar surface area (TPSA) is 47.3 Å². The third-order valence-corrected chi connectivity index (χ3v) is 3.41. The van der Waals surface area contributed by atoms with Crippen LogP contribution < -0.4 is 10.1 Å². The van der Waals surface area contributed by atoms with Gasteiger partial charge in [-0.1, -0.05) is 12.1 Å². The third-order valence-electron chi connectivity index (χ3n) is 3.41. The maximum absolute atomic E-state index is 12.9. The van der Waals surface area contributed by atoms with Gasteiger partial charge < -0.3 is 14.5 Å². The van der Waals surface area contributed by atoms with Crippen molar-refractivity contribution in [2.24, 2.45) is 0 Å². The number of rotatable bonds is 6. The zero-order valence-corrected chi connectivity index (χ0v) is 12.8. The van der Waals surface area contributed by atoms with Gasteiger partial charge in [-0.25, -0.2) is 9.37 Å². The first kappa shape index (κ1) is 15.2. The van der Waals surface area contributed by atoms with Gasteiger partial charge in [0.05, 0.1) is 12.8 Å². The molecule has 0 unspecified atom stereocenters. The van der Waals surface area contributed by atoms with Gasteiger partial charge in [0.2, 0.25) is 5.89 Å². The molecule has 0 spiro atoms. The molecule has 0 aliphatic carbocycles. The second kappa shape index (κ2) is 7.07. The molecule has 5 heteroatoms. The number of benzene rings is 2. The van der Waals surface area contributed by atoms with Crippen LogP contribution >= 0.6 is 0 Å². The molecule has 2 aromatic carbocycles. The van der Waals surface area contributed by atoms with E-state index >= 15 is 0 Å². The number of aromatic nitrogens is 1. The molecule has 118 valence electrons. The highest BCUT2D eigenvalue weighted by molar-refractivity contribution is 5.52. The zero-order chi connectivity index (χ0) is 16.1. The summed E-state index contributed by atoms with van der Waals surface area (Å²) in [7, 11) is 1.65. The summed E-state index contributed by atoms with van der Waals surface area (Å²) < 4.78 is 23.6. The highest BCUT2D eigenvalue weighted by Crippen LogP contribution is 2.19. The molecule has 0 saturated carbocycles. The number of methoxy groups -OCH3 is 1. The number of nitrogens with zero attached hydrogens (tertiary/aromatic N) is 1. The van der Waals surface area contributed by atoms with Gasteiger partial charge in [0.1, 0.15) is 17.8 Å². The minimum absolute atomic E-state index is 0.277. The van der Waals surface area contributed by atoms with Crippen molar-refractivity contribution in [3.8, 4) is 17.2 Å². The Morgan fingerprint density at radius 2 is 1.96 bits per heavy atom. The molecule has 1 aromatic heterocycles. The maximum atomic E-state index is 12.9. The Bertz CT molecular complexity index is 769. The molecule has 0 saturated heterocycles. The van der Waals surface area contributed by atoms with Crippen LogP contribution in [0, 0.1) is 5.82 Å². The van der Waals surface area contributed by atoms with E-state index in [2.05, 4.69) is 10.3 Å². The standard InChI is InChI=1S/C18H17FN2O2/c1-22-17-4-2-3-13(9-17)10-20-11-16-12-23-18(21-16)14-5-7-15(19)8-6-14/h2-9,12,20H,10-11H2,1H3. The van der Waals surface area contributed by atoms with Crippen molar-refractivity contribution < 1.29 is 13.5 Å². The van der Waals surface area contributed by atoms with Crippen molar-refractivity contribution in [1.82, 2.24) is 10.3 Å². The first-order valence-electron chi connectivity index (χ1n) is 7.28. The summed E-state index contributed by atoms with van der Waals surface area (Å²) >= 11 is 0. The Hall–Kier alpha value is -2.66. The summed E-state index contributed by atoms with van der Waals surface area (Å²) in [5.41, 5.74) is 2.68. The normalized spacial score (nSPS) is 10.7. The SMILES string of the molecule is COc1cccc(CNCc2coc(-c3ccc(F)cc3)n2)c1. The molecule has 0 amide bonds. The van der Waals surface area contributed by atoms with E-state index in [1.165, 1.54) is 12.1 Å². The fourth-order valence-corrected chi connectivity index (χ4v) is 2.23. The van der Waals surface area contributed by atoms with E-state index < -0.39 is 0 Å². The smallest absolute Gasteiger partial charge is 0.226 e. The Kier molecular flexibility index (Phi) is 4.68. The molecular weight excluding hydrogens is 295 g/mol. The van der Waals surface area contributed by atoms with Crippen molar-refractivity contribution in [2.45, 2.75) is 13.1 Å². The highest BCUT2D eigenvalue weighted by atomic mass is 19.1. The molecule has 0 aliphatic heterocycles. The lowest BCUT2D eigenvalue weighted by Gasteiger charge is -2.05. The quantitative estimate of drug-likeness (QED) is 0.752. The molecule has 0 fully saturated rings. The first-order valence-corrected chi connectivity index (χ1v) is 7.28. The number of hydrogen-bond donors (Lipinski definition) is 1. The number of hydrogen-bond acceptors (Lipinski definition) is 4. The van der Waals surface area contributed by atoms with Crippen molar-refractivity contribution in [3.05, 3.63) is 71.9 Å². The Labute approximate surface area is 133 Å². The summed E-state index contributed by atoms with van der Waals surface area (Å²) in [6.07, 6.45) is 1.61. The van der Waals surface area contributed by atoms with Crippen LogP contribution in [0.3, 0.4) is 0 Å². The van der Waals surface area contributed by atoms with E-state index in [1.807, 2.05) is 24.3 Å². The molecule has 23 heavy (non-hydrogen) atoms. The summed E-state index contributed by atoms with van der Waals surface area (Å²) in [5, 5.41) is 3.31. The summed E-state index contributed by atoms with van der Waals surface area (Å²) in [6.45, 7) is 1.29. The number of oxazole rings is 1. The van der Waals surface area contributed by atoms with Crippen LogP contribution in [-0.4, -0.2) is 12.1 Å². The number of halogens is 1. The number of ether oxygens (including phenoxy) is 1. The fraction of sp³-hybridized carbons (Fsp3) is 0.167. The highest BCUT2D eigenvalue weighted by Gasteiger charge is 2.06. The molecule has 3 rings (SSSR count). The van der Waals surface area contributed by atoms with Gasteiger partial charge in [0.25, 0.3) is 0 Å². The molecule has 0 bridgehead atoms. The van der Waals surface area contributed by atoms with Gasteiger partial charge in [-0.15, -0.1) is 0 Å². The lowest BCUT2D eigenvalue weighted by molar-refractivity contribution is 0.414. The number of nitrogens with one attached hydrogen (secondary N) is 1. The second-order valence-electron chi connectivity index (χ2n) is 5.11. The largest absolute Gasteiger partial charge is 0.497 e. The van der Waals surface area contributed by atoms with Gasteiger partial charge in [-0.2, -0.15) is 0 Å². The van der Waals surface area contributed by atoms with Crippen molar-refractivity contribution in [1.29, 1.82) is 0 Å². The van der Waals surface area contributed by atoms with Crippen LogP contribution in [0.1, 0.15) is 11.3 Å². The molecule has 1 heterocycles. The van der Waals surface area contributed by atoms with Gasteiger partial charge >= 0.3 is 0 Å². The molecular formula is C18H17FN2O2. The lowest BCUT2D eigenvalue weighted by Crippen LogP contribution is -2.12. The van der Waals surface area contributed by atoms with Crippen LogP contribution in [0.2, 0.25) is 0 Å². The second-order valence-corrected chi connectivity index (χ2v) is 5.11. The zero-order valence-electron chi connectivity index (χ0n) is 12.8. The van der Waals surface area contributed by atoms with Crippen LogP contribution in [-0.2, 0) is 13.1 Å². The Balaban J connectivity index is 1.58. The predicted molar refractivity (Wildman–Crippen MR) is 85.4 cm³/mol. The lowest BCUT2D eigenvalue weighted by atomic mass is 10.2. The summed E-state index contributed by atoms with van der Waals surface area (Å²) in [5.74, 6) is 1.05. The minimum atomic E-state index is -0.277. The molecule has 0 atom stereocenters. The van der Waals surface area contributed by atoms with Gasteiger partial charge in [-0.05, 0) is 42.0 Å². The van der Waals surface area contributed by atoms with Crippen LogP contribution in [0.25, 0.3) is 11.5 Å². The van der Waals surface area contributed by atoms with Gasteiger partial charge in [0.15, 0.2) is 0 Å². The molecule has 1 N–H and O–H groups in total. The molecule has 4 nitrogen and oxygen atoms in total. The van der Waals surface area contributed by atoms with Gasteiger partial charge in [-0.3, -0.25) is 0 Å². The third kappa shape index (κ3) is 3.96. The predicted octanol–water partition coefficient (Wildman–Crippen LogP) is 3.78. The minimum Gasteiger partial charge on any atom is -0.497 e. The Morgan fingerprint density at radius 3 is 2.74 bits per heavy atom. The molecule has 0 aliphatic rings. The fourth-order valence-electron chi connectivity index (χ4n) is 2.23. The van der Waals surface area contributed by atoms with Crippen molar-refractivity contribution in [2.75, 3.05) is 7.11 Å². The van der Waals surface area contributed by atoms with E-state index in [0.29, 0.717) is 19.0 Å². The first-order chi connectivity index (χ1) is 11.2. The van der Waals surface area contributed by atoms with E-state index in [4.69, 9.17) is 9.15 Å².